The number of nitrogens with zero attached hydrogens (tertiary/aromatic N) is 2. The van der Waals surface area contributed by atoms with E-state index in [2.05, 4.69) is 5.32 Å². The number of carbonyl (C=O) groups excluding carboxylic acids is 1. The van der Waals surface area contributed by atoms with E-state index in [1.165, 1.54) is 12.3 Å². The molecule has 1 aliphatic heterocycles. The Bertz CT molecular complexity index is 811. The molecular formula is C19H22FN3O3S. The lowest BCUT2D eigenvalue weighted by Crippen LogP contribution is -2.45. The minimum Gasteiger partial charge on any atom is -0.618 e. The molecule has 27 heavy (non-hydrogen) atoms. The van der Waals surface area contributed by atoms with Crippen LogP contribution in [0.25, 0.3) is 0 Å². The van der Waals surface area contributed by atoms with E-state index in [0.717, 1.165) is 11.8 Å². The standard InChI is InChI=1S/C19H22FN3O3S/c1-13-10-22(11-14(2)26-13)17-7-6-15(9-16(17)20)21-18(24)12-27-19-5-3-4-8-23(19)25/h3-9,13-14H,10-12H2,1-2H3,(H,21,24)/t13-,14-/m0/s1. The van der Waals surface area contributed by atoms with Gasteiger partial charge in [0.2, 0.25) is 5.91 Å². The first kappa shape index (κ1) is 19.4. The van der Waals surface area contributed by atoms with Crippen LogP contribution in [0.15, 0.2) is 47.6 Å². The summed E-state index contributed by atoms with van der Waals surface area (Å²) in [6, 6.07) is 9.67. The van der Waals surface area contributed by atoms with Gasteiger partial charge in [0, 0.05) is 30.9 Å². The van der Waals surface area contributed by atoms with E-state index in [9.17, 15) is 14.4 Å². The van der Waals surface area contributed by atoms with Crippen molar-refractivity contribution in [3.63, 3.8) is 0 Å². The molecule has 144 valence electrons. The van der Waals surface area contributed by atoms with Crippen molar-refractivity contribution >= 4 is 29.0 Å². The van der Waals surface area contributed by atoms with Crippen molar-refractivity contribution in [2.45, 2.75) is 31.1 Å². The van der Waals surface area contributed by atoms with Crippen LogP contribution in [0.4, 0.5) is 15.8 Å². The zero-order valence-electron chi connectivity index (χ0n) is 15.2. The summed E-state index contributed by atoms with van der Waals surface area (Å²) in [5.74, 6) is -0.625. The molecule has 0 spiro atoms. The SMILES string of the molecule is C[C@H]1CN(c2ccc(NC(=O)CSc3cccc[n+]3[O-])cc2F)C[C@H](C)O1. The summed E-state index contributed by atoms with van der Waals surface area (Å²) >= 11 is 1.13. The van der Waals surface area contributed by atoms with Crippen LogP contribution in [0.2, 0.25) is 0 Å². The molecular weight excluding hydrogens is 369 g/mol. The molecule has 0 unspecified atom stereocenters. The van der Waals surface area contributed by atoms with Crippen LogP contribution >= 0.6 is 11.8 Å². The highest BCUT2D eigenvalue weighted by Gasteiger charge is 2.24. The van der Waals surface area contributed by atoms with Gasteiger partial charge in [0.05, 0.1) is 23.6 Å². The van der Waals surface area contributed by atoms with Gasteiger partial charge in [-0.25, -0.2) is 4.39 Å². The molecule has 2 atom stereocenters. The Morgan fingerprint density at radius 3 is 2.74 bits per heavy atom. The molecule has 0 radical (unpaired) electrons. The van der Waals surface area contributed by atoms with Crippen LogP contribution in [-0.2, 0) is 9.53 Å². The van der Waals surface area contributed by atoms with Gasteiger partial charge in [-0.05, 0) is 49.9 Å². The van der Waals surface area contributed by atoms with Gasteiger partial charge in [-0.1, -0.05) is 0 Å². The van der Waals surface area contributed by atoms with Crippen LogP contribution in [0, 0.1) is 11.0 Å². The molecule has 2 heterocycles. The Labute approximate surface area is 161 Å². The van der Waals surface area contributed by atoms with Gasteiger partial charge in [-0.15, -0.1) is 0 Å². The molecule has 2 aromatic rings. The monoisotopic (exact) mass is 391 g/mol. The second kappa shape index (κ2) is 8.58. The number of morpholine rings is 1. The number of thioether (sulfide) groups is 1. The third-order valence-electron chi connectivity index (χ3n) is 4.13. The quantitative estimate of drug-likeness (QED) is 0.482. The van der Waals surface area contributed by atoms with Crippen LogP contribution in [0.5, 0.6) is 0 Å². The number of ether oxygens (including phenoxy) is 1. The fourth-order valence-corrected chi connectivity index (χ4v) is 3.79. The van der Waals surface area contributed by atoms with Crippen LogP contribution in [-0.4, -0.2) is 37.0 Å². The molecule has 1 aliphatic rings. The highest BCUT2D eigenvalue weighted by Crippen LogP contribution is 2.26. The molecule has 1 amide bonds. The van der Waals surface area contributed by atoms with Crippen molar-refractivity contribution < 1.29 is 18.7 Å². The lowest BCUT2D eigenvalue weighted by molar-refractivity contribution is -0.645. The Balaban J connectivity index is 1.60. The maximum Gasteiger partial charge on any atom is 0.251 e. The number of carbonyl (C=O) groups is 1. The maximum atomic E-state index is 14.6. The third kappa shape index (κ3) is 5.11. The summed E-state index contributed by atoms with van der Waals surface area (Å²) in [5, 5.41) is 14.7. The first-order valence-electron chi connectivity index (χ1n) is 8.73. The average molecular weight is 391 g/mol. The summed E-state index contributed by atoms with van der Waals surface area (Å²) in [6.07, 6.45) is 1.44. The number of hydrogen-bond acceptors (Lipinski definition) is 5. The van der Waals surface area contributed by atoms with E-state index in [1.807, 2.05) is 18.7 Å². The molecule has 3 rings (SSSR count). The van der Waals surface area contributed by atoms with Crippen molar-refractivity contribution in [1.82, 2.24) is 0 Å². The Morgan fingerprint density at radius 1 is 1.33 bits per heavy atom. The highest BCUT2D eigenvalue weighted by atomic mass is 32.2. The predicted octanol–water partition coefficient (Wildman–Crippen LogP) is 2.80. The van der Waals surface area contributed by atoms with E-state index in [4.69, 9.17) is 4.74 Å². The Kier molecular flexibility index (Phi) is 6.18. The zero-order valence-corrected chi connectivity index (χ0v) is 16.0. The average Bonchev–Trinajstić information content (AvgIpc) is 2.60. The molecule has 0 aliphatic carbocycles. The number of aromatic nitrogens is 1. The van der Waals surface area contributed by atoms with Gasteiger partial charge in [-0.3, -0.25) is 4.79 Å². The van der Waals surface area contributed by atoms with Crippen LogP contribution in [0.3, 0.4) is 0 Å². The summed E-state index contributed by atoms with van der Waals surface area (Å²) in [7, 11) is 0. The van der Waals surface area contributed by atoms with Gasteiger partial charge in [0.15, 0.2) is 6.20 Å². The molecule has 1 saturated heterocycles. The minimum absolute atomic E-state index is 0.0336. The van der Waals surface area contributed by atoms with Crippen molar-refractivity contribution in [3.8, 4) is 0 Å². The zero-order chi connectivity index (χ0) is 19.4. The van der Waals surface area contributed by atoms with E-state index < -0.39 is 0 Å². The molecule has 1 N–H and O–H groups in total. The lowest BCUT2D eigenvalue weighted by atomic mass is 10.2. The second-order valence-corrected chi connectivity index (χ2v) is 7.53. The van der Waals surface area contributed by atoms with Gasteiger partial charge >= 0.3 is 0 Å². The minimum atomic E-state index is -0.387. The summed E-state index contributed by atoms with van der Waals surface area (Å²) < 4.78 is 20.9. The first-order valence-corrected chi connectivity index (χ1v) is 9.71. The number of rotatable bonds is 5. The number of hydrogen-bond donors (Lipinski definition) is 1. The van der Waals surface area contributed by atoms with Crippen molar-refractivity contribution in [2.75, 3.05) is 29.1 Å². The molecule has 1 fully saturated rings. The van der Waals surface area contributed by atoms with E-state index in [-0.39, 0.29) is 29.7 Å². The molecule has 1 aromatic carbocycles. The normalized spacial score (nSPS) is 19.7. The number of benzene rings is 1. The number of anilines is 2. The van der Waals surface area contributed by atoms with E-state index >= 15 is 0 Å². The largest absolute Gasteiger partial charge is 0.618 e. The summed E-state index contributed by atoms with van der Waals surface area (Å²) in [4.78, 5) is 14.0. The first-order chi connectivity index (χ1) is 12.9. The van der Waals surface area contributed by atoms with Gasteiger partial charge < -0.3 is 20.2 Å². The fraction of sp³-hybridized carbons (Fsp3) is 0.368. The smallest absolute Gasteiger partial charge is 0.251 e. The molecule has 0 bridgehead atoms. The van der Waals surface area contributed by atoms with Gasteiger partial charge in [0.1, 0.15) is 5.82 Å². The topological polar surface area (TPSA) is 68.5 Å². The number of pyridine rings is 1. The van der Waals surface area contributed by atoms with Crippen LogP contribution < -0.4 is 14.9 Å². The molecule has 6 nitrogen and oxygen atoms in total. The second-order valence-electron chi connectivity index (χ2n) is 6.53. The van der Waals surface area contributed by atoms with Crippen molar-refractivity contribution in [1.29, 1.82) is 0 Å². The number of nitrogens with one attached hydrogen (secondary N) is 1. The van der Waals surface area contributed by atoms with Gasteiger partial charge in [0.25, 0.3) is 5.03 Å². The Hall–Kier alpha value is -2.32. The predicted molar refractivity (Wildman–Crippen MR) is 103 cm³/mol. The summed E-state index contributed by atoms with van der Waals surface area (Å²) in [6.45, 7) is 5.17. The van der Waals surface area contributed by atoms with Crippen molar-refractivity contribution in [3.05, 3.63) is 53.6 Å². The molecule has 8 heteroatoms. The molecule has 0 saturated carbocycles. The van der Waals surface area contributed by atoms with Gasteiger partial charge in [-0.2, -0.15) is 4.73 Å². The van der Waals surface area contributed by atoms with Crippen molar-refractivity contribution in [2.24, 2.45) is 0 Å². The van der Waals surface area contributed by atoms with Crippen LogP contribution in [0.1, 0.15) is 13.8 Å². The fourth-order valence-electron chi connectivity index (χ4n) is 3.08. The summed E-state index contributed by atoms with van der Waals surface area (Å²) in [5.41, 5.74) is 0.889. The highest BCUT2D eigenvalue weighted by molar-refractivity contribution is 7.99. The maximum absolute atomic E-state index is 14.6. The Morgan fingerprint density at radius 2 is 2.07 bits per heavy atom. The number of amides is 1. The van der Waals surface area contributed by atoms with E-state index in [1.54, 1.807) is 30.3 Å². The lowest BCUT2D eigenvalue weighted by Gasteiger charge is -2.37. The number of halogens is 1. The van der Waals surface area contributed by atoms with E-state index in [0.29, 0.717) is 34.2 Å². The third-order valence-corrected chi connectivity index (χ3v) is 5.15. The molecule has 1 aromatic heterocycles.